The molecular weight excluding hydrogens is 217 g/mol. The number of nitro groups is 1. The van der Waals surface area contributed by atoms with Gasteiger partial charge in [0.15, 0.2) is 0 Å². The molecule has 1 aromatic heterocycles. The Labute approximate surface area is 87.9 Å². The number of benzene rings is 1. The molecule has 0 fully saturated rings. The summed E-state index contributed by atoms with van der Waals surface area (Å²) in [6.07, 6.45) is 0. The lowest BCUT2D eigenvalue weighted by molar-refractivity contribution is -0.387. The Morgan fingerprint density at radius 3 is 2.81 bits per heavy atom. The van der Waals surface area contributed by atoms with E-state index in [1.54, 1.807) is 6.92 Å². The van der Waals surface area contributed by atoms with Crippen LogP contribution in [0.1, 0.15) is 5.82 Å². The van der Waals surface area contributed by atoms with Gasteiger partial charge >= 0.3 is 5.69 Å². The van der Waals surface area contributed by atoms with Crippen LogP contribution >= 0.6 is 0 Å². The van der Waals surface area contributed by atoms with Crippen molar-refractivity contribution in [3.05, 3.63) is 44.2 Å². The van der Waals surface area contributed by atoms with Gasteiger partial charge < -0.3 is 4.98 Å². The lowest BCUT2D eigenvalue weighted by Gasteiger charge is -2.00. The highest BCUT2D eigenvalue weighted by molar-refractivity contribution is 5.80. The van der Waals surface area contributed by atoms with E-state index in [2.05, 4.69) is 9.97 Å². The minimum absolute atomic E-state index is 0.101. The van der Waals surface area contributed by atoms with Gasteiger partial charge in [-0.25, -0.2) is 4.98 Å². The normalized spacial score (nSPS) is 10.6. The monoisotopic (exact) mass is 223 g/mol. The number of H-pyrrole nitrogens is 1. The SMILES string of the molecule is Cc1nc2ccc([N+](=O)[O-])c(F)c2c(=O)[nH]1. The Hall–Kier alpha value is -2.31. The highest BCUT2D eigenvalue weighted by Gasteiger charge is 2.19. The average Bonchev–Trinajstić information content (AvgIpc) is 2.15. The molecule has 0 spiro atoms. The Morgan fingerprint density at radius 2 is 2.19 bits per heavy atom. The van der Waals surface area contributed by atoms with Crippen LogP contribution in [0.5, 0.6) is 0 Å². The van der Waals surface area contributed by atoms with Gasteiger partial charge in [-0.1, -0.05) is 0 Å². The largest absolute Gasteiger partial charge is 0.310 e. The molecule has 0 aliphatic rings. The third-order valence-electron chi connectivity index (χ3n) is 2.11. The maximum absolute atomic E-state index is 13.6. The van der Waals surface area contributed by atoms with Crippen LogP contribution in [0.3, 0.4) is 0 Å². The number of aromatic amines is 1. The molecule has 1 aromatic carbocycles. The molecule has 0 saturated carbocycles. The first-order valence-electron chi connectivity index (χ1n) is 4.34. The molecule has 0 unspecified atom stereocenters. The second kappa shape index (κ2) is 3.37. The number of halogens is 1. The molecule has 0 radical (unpaired) electrons. The first-order valence-corrected chi connectivity index (χ1v) is 4.34. The van der Waals surface area contributed by atoms with Crippen LogP contribution in [0.25, 0.3) is 10.9 Å². The number of hydrogen-bond donors (Lipinski definition) is 1. The molecular formula is C9H6FN3O3. The van der Waals surface area contributed by atoms with E-state index in [1.165, 1.54) is 6.07 Å². The van der Waals surface area contributed by atoms with Crippen LogP contribution < -0.4 is 5.56 Å². The zero-order valence-electron chi connectivity index (χ0n) is 8.15. The number of aromatic nitrogens is 2. The van der Waals surface area contributed by atoms with Gasteiger partial charge in [-0.15, -0.1) is 0 Å². The lowest BCUT2D eigenvalue weighted by Crippen LogP contribution is -2.12. The van der Waals surface area contributed by atoms with Crippen molar-refractivity contribution in [2.24, 2.45) is 0 Å². The molecule has 0 amide bonds. The quantitative estimate of drug-likeness (QED) is 0.582. The minimum atomic E-state index is -1.16. The van der Waals surface area contributed by atoms with Crippen molar-refractivity contribution in [2.45, 2.75) is 6.92 Å². The van der Waals surface area contributed by atoms with Crippen molar-refractivity contribution in [1.29, 1.82) is 0 Å². The van der Waals surface area contributed by atoms with Crippen LogP contribution in [0.2, 0.25) is 0 Å². The van der Waals surface area contributed by atoms with Gasteiger partial charge in [-0.3, -0.25) is 14.9 Å². The third kappa shape index (κ3) is 1.42. The molecule has 2 aromatic rings. The molecule has 1 N–H and O–H groups in total. The van der Waals surface area contributed by atoms with E-state index in [4.69, 9.17) is 0 Å². The second-order valence-electron chi connectivity index (χ2n) is 3.20. The highest BCUT2D eigenvalue weighted by atomic mass is 19.1. The summed E-state index contributed by atoms with van der Waals surface area (Å²) in [7, 11) is 0. The van der Waals surface area contributed by atoms with Gasteiger partial charge in [0.25, 0.3) is 5.56 Å². The molecule has 0 aliphatic heterocycles. The van der Waals surface area contributed by atoms with Gasteiger partial charge in [-0.05, 0) is 13.0 Å². The lowest BCUT2D eigenvalue weighted by atomic mass is 10.2. The Bertz CT molecular complexity index is 650. The number of hydrogen-bond acceptors (Lipinski definition) is 4. The first-order chi connectivity index (χ1) is 7.50. The highest BCUT2D eigenvalue weighted by Crippen LogP contribution is 2.22. The fraction of sp³-hybridized carbons (Fsp3) is 0.111. The van der Waals surface area contributed by atoms with E-state index in [0.29, 0.717) is 5.82 Å². The fourth-order valence-electron chi connectivity index (χ4n) is 1.44. The Kier molecular flexibility index (Phi) is 2.15. The summed E-state index contributed by atoms with van der Waals surface area (Å²) in [4.78, 5) is 27.2. The molecule has 0 atom stereocenters. The predicted molar refractivity (Wildman–Crippen MR) is 53.7 cm³/mol. The van der Waals surface area contributed by atoms with E-state index in [1.807, 2.05) is 0 Å². The average molecular weight is 223 g/mol. The molecule has 16 heavy (non-hydrogen) atoms. The number of rotatable bonds is 1. The van der Waals surface area contributed by atoms with Crippen molar-refractivity contribution >= 4 is 16.6 Å². The molecule has 0 aliphatic carbocycles. The van der Waals surface area contributed by atoms with Gasteiger partial charge in [0.05, 0.1) is 10.4 Å². The summed E-state index contributed by atoms with van der Waals surface area (Å²) < 4.78 is 13.6. The van der Waals surface area contributed by atoms with E-state index in [9.17, 15) is 19.3 Å². The summed E-state index contributed by atoms with van der Waals surface area (Å²) in [5.74, 6) is -0.831. The molecule has 1 heterocycles. The molecule has 0 saturated heterocycles. The van der Waals surface area contributed by atoms with Crippen molar-refractivity contribution in [1.82, 2.24) is 9.97 Å². The predicted octanol–water partition coefficient (Wildman–Crippen LogP) is 1.28. The van der Waals surface area contributed by atoms with Crippen molar-refractivity contribution in [3.63, 3.8) is 0 Å². The number of nitrogens with zero attached hydrogens (tertiary/aromatic N) is 2. The Morgan fingerprint density at radius 1 is 1.50 bits per heavy atom. The van der Waals surface area contributed by atoms with Crippen LogP contribution in [-0.2, 0) is 0 Å². The number of aryl methyl sites for hydroxylation is 1. The van der Waals surface area contributed by atoms with Crippen LogP contribution in [0.15, 0.2) is 16.9 Å². The molecule has 82 valence electrons. The molecule has 6 nitrogen and oxygen atoms in total. The fourth-order valence-corrected chi connectivity index (χ4v) is 1.44. The van der Waals surface area contributed by atoms with E-state index < -0.39 is 22.0 Å². The zero-order chi connectivity index (χ0) is 11.9. The number of nitro benzene ring substituents is 1. The van der Waals surface area contributed by atoms with Gasteiger partial charge in [0.1, 0.15) is 11.2 Å². The van der Waals surface area contributed by atoms with E-state index in [0.717, 1.165) is 6.07 Å². The summed E-state index contributed by atoms with van der Waals surface area (Å²) in [6, 6.07) is 2.24. The van der Waals surface area contributed by atoms with Gasteiger partial charge in [0, 0.05) is 6.07 Å². The smallest absolute Gasteiger partial charge is 0.305 e. The second-order valence-corrected chi connectivity index (χ2v) is 3.20. The van der Waals surface area contributed by atoms with Gasteiger partial charge in [-0.2, -0.15) is 4.39 Å². The summed E-state index contributed by atoms with van der Waals surface area (Å²) in [6.45, 7) is 1.54. The number of nitrogens with one attached hydrogen (secondary N) is 1. The number of fused-ring (bicyclic) bond motifs is 1. The summed E-state index contributed by atoms with van der Waals surface area (Å²) >= 11 is 0. The maximum atomic E-state index is 13.6. The van der Waals surface area contributed by atoms with Crippen LogP contribution in [-0.4, -0.2) is 14.9 Å². The van der Waals surface area contributed by atoms with Gasteiger partial charge in [0.2, 0.25) is 5.82 Å². The third-order valence-corrected chi connectivity index (χ3v) is 2.11. The topological polar surface area (TPSA) is 88.9 Å². The molecule has 7 heteroatoms. The van der Waals surface area contributed by atoms with E-state index >= 15 is 0 Å². The summed E-state index contributed by atoms with van der Waals surface area (Å²) in [5.41, 5.74) is -1.35. The molecule has 0 bridgehead atoms. The maximum Gasteiger partial charge on any atom is 0.305 e. The minimum Gasteiger partial charge on any atom is -0.310 e. The summed E-state index contributed by atoms with van der Waals surface area (Å²) in [5, 5.41) is 10.1. The van der Waals surface area contributed by atoms with Crippen LogP contribution in [0, 0.1) is 22.9 Å². The first kappa shape index (κ1) is 10.2. The standard InChI is InChI=1S/C9H6FN3O3/c1-4-11-5-2-3-6(13(15)16)8(10)7(5)9(14)12-4/h2-3H,1H3,(H,11,12,14). The van der Waals surface area contributed by atoms with Crippen molar-refractivity contribution in [3.8, 4) is 0 Å². The van der Waals surface area contributed by atoms with Crippen molar-refractivity contribution in [2.75, 3.05) is 0 Å². The van der Waals surface area contributed by atoms with Crippen molar-refractivity contribution < 1.29 is 9.31 Å². The van der Waals surface area contributed by atoms with Crippen LogP contribution in [0.4, 0.5) is 10.1 Å². The Balaban J connectivity index is 2.95. The van der Waals surface area contributed by atoms with E-state index in [-0.39, 0.29) is 10.9 Å². The molecule has 2 rings (SSSR count). The zero-order valence-corrected chi connectivity index (χ0v) is 8.15.